The van der Waals surface area contributed by atoms with Gasteiger partial charge in [-0.05, 0) is 12.1 Å². The zero-order valence-corrected chi connectivity index (χ0v) is 14.5. The van der Waals surface area contributed by atoms with Crippen molar-refractivity contribution in [2.45, 2.75) is 4.32 Å². The summed E-state index contributed by atoms with van der Waals surface area (Å²) in [6, 6.07) is 11.8. The van der Waals surface area contributed by atoms with Gasteiger partial charge < -0.3 is 4.42 Å². The van der Waals surface area contributed by atoms with Gasteiger partial charge in [0.1, 0.15) is 11.1 Å². The van der Waals surface area contributed by atoms with Gasteiger partial charge in [0.15, 0.2) is 15.9 Å². The van der Waals surface area contributed by atoms with Crippen LogP contribution in [-0.4, -0.2) is 16.5 Å². The van der Waals surface area contributed by atoms with Gasteiger partial charge in [0.25, 0.3) is 5.69 Å². The molecule has 1 aromatic heterocycles. The number of Topliss-reactive ketones (excluding diaryl/α,β-unsaturated/α-hetero) is 2. The number of hydrogen-bond acceptors (Lipinski definition) is 6. The molecule has 7 nitrogen and oxygen atoms in total. The van der Waals surface area contributed by atoms with Crippen molar-refractivity contribution in [1.29, 1.82) is 0 Å². The van der Waals surface area contributed by atoms with Crippen LogP contribution >= 0.6 is 15.9 Å². The highest BCUT2D eigenvalue weighted by atomic mass is 79.9. The van der Waals surface area contributed by atoms with Crippen LogP contribution in [0.3, 0.4) is 0 Å². The van der Waals surface area contributed by atoms with E-state index in [2.05, 4.69) is 15.9 Å². The SMILES string of the molecule is O=C1c2cccc([N+](=O)[O-])c2C(=O)C1(Br)c1cc2ccccc2oc1=O. The Morgan fingerprint density at radius 3 is 2.46 bits per heavy atom. The average molecular weight is 414 g/mol. The standard InChI is InChI=1S/C18H8BrNO6/c19-18(11-8-9-4-1-2-7-13(9)26-17(11)23)15(21)10-5-3-6-12(20(24)25)14(10)16(18)22/h1-8H. The molecule has 1 atom stereocenters. The van der Waals surface area contributed by atoms with E-state index in [1.165, 1.54) is 18.2 Å². The van der Waals surface area contributed by atoms with Crippen LogP contribution in [0.15, 0.2) is 57.7 Å². The molecule has 0 fully saturated rings. The molecule has 1 heterocycles. The van der Waals surface area contributed by atoms with E-state index in [1.807, 2.05) is 0 Å². The van der Waals surface area contributed by atoms with Gasteiger partial charge in [-0.15, -0.1) is 0 Å². The van der Waals surface area contributed by atoms with Crippen molar-refractivity contribution in [3.05, 3.63) is 85.8 Å². The summed E-state index contributed by atoms with van der Waals surface area (Å²) in [5, 5.41) is 11.8. The highest BCUT2D eigenvalue weighted by Crippen LogP contribution is 2.46. The molecule has 1 aliphatic carbocycles. The fourth-order valence-corrected chi connectivity index (χ4v) is 3.82. The number of halogens is 1. The van der Waals surface area contributed by atoms with Gasteiger partial charge in [0.05, 0.1) is 10.5 Å². The number of nitro groups is 1. The zero-order chi connectivity index (χ0) is 18.6. The summed E-state index contributed by atoms with van der Waals surface area (Å²) in [5.74, 6) is -1.59. The second-order valence-electron chi connectivity index (χ2n) is 5.76. The molecule has 0 aliphatic heterocycles. The molecular formula is C18H8BrNO6. The van der Waals surface area contributed by atoms with Crippen LogP contribution in [0.1, 0.15) is 26.3 Å². The molecule has 0 radical (unpaired) electrons. The Bertz CT molecular complexity index is 1200. The number of nitrogens with zero attached hydrogens (tertiary/aromatic N) is 1. The maximum atomic E-state index is 13.0. The highest BCUT2D eigenvalue weighted by molar-refractivity contribution is 9.10. The lowest BCUT2D eigenvalue weighted by Gasteiger charge is -2.17. The Morgan fingerprint density at radius 2 is 1.73 bits per heavy atom. The number of carbonyl (C=O) groups excluding carboxylic acids is 2. The van der Waals surface area contributed by atoms with E-state index in [4.69, 9.17) is 4.42 Å². The molecule has 0 N–H and O–H groups in total. The lowest BCUT2D eigenvalue weighted by atomic mass is 9.94. The van der Waals surface area contributed by atoms with E-state index in [-0.39, 0.29) is 16.7 Å². The summed E-state index contributed by atoms with van der Waals surface area (Å²) in [4.78, 5) is 48.9. The van der Waals surface area contributed by atoms with E-state index in [1.54, 1.807) is 24.3 Å². The van der Waals surface area contributed by atoms with Gasteiger partial charge in [-0.1, -0.05) is 46.3 Å². The van der Waals surface area contributed by atoms with Crippen molar-refractivity contribution >= 4 is 44.2 Å². The third kappa shape index (κ3) is 2.02. The first-order valence-corrected chi connectivity index (χ1v) is 8.24. The summed E-state index contributed by atoms with van der Waals surface area (Å²) >= 11 is 3.10. The van der Waals surface area contributed by atoms with Crippen LogP contribution < -0.4 is 5.63 Å². The van der Waals surface area contributed by atoms with Crippen LogP contribution in [0, 0.1) is 10.1 Å². The van der Waals surface area contributed by atoms with Crippen LogP contribution in [-0.2, 0) is 4.32 Å². The molecule has 3 aromatic rings. The molecule has 0 bridgehead atoms. The first-order chi connectivity index (χ1) is 12.4. The number of carbonyl (C=O) groups is 2. The van der Waals surface area contributed by atoms with E-state index >= 15 is 0 Å². The maximum absolute atomic E-state index is 13.0. The van der Waals surface area contributed by atoms with E-state index < -0.39 is 32.1 Å². The molecule has 1 unspecified atom stereocenters. The van der Waals surface area contributed by atoms with Gasteiger partial charge in [0, 0.05) is 17.0 Å². The molecule has 8 heteroatoms. The fourth-order valence-electron chi connectivity index (χ4n) is 3.13. The second kappa shape index (κ2) is 5.43. The minimum absolute atomic E-state index is 0.103. The maximum Gasteiger partial charge on any atom is 0.341 e. The van der Waals surface area contributed by atoms with Gasteiger partial charge in [0.2, 0.25) is 0 Å². The van der Waals surface area contributed by atoms with Crippen molar-refractivity contribution < 1.29 is 18.9 Å². The van der Waals surface area contributed by atoms with Crippen molar-refractivity contribution in [1.82, 2.24) is 0 Å². The predicted molar refractivity (Wildman–Crippen MR) is 94.8 cm³/mol. The number of ketones is 2. The topological polar surface area (TPSA) is 107 Å². The minimum atomic E-state index is -2.05. The number of hydrogen-bond donors (Lipinski definition) is 0. The lowest BCUT2D eigenvalue weighted by Crippen LogP contribution is -2.36. The third-order valence-electron chi connectivity index (χ3n) is 4.35. The summed E-state index contributed by atoms with van der Waals surface area (Å²) in [6.07, 6.45) is 0. The van der Waals surface area contributed by atoms with Crippen LogP contribution in [0.25, 0.3) is 11.0 Å². The van der Waals surface area contributed by atoms with Crippen molar-refractivity contribution in [3.63, 3.8) is 0 Å². The van der Waals surface area contributed by atoms with Gasteiger partial charge in [-0.25, -0.2) is 4.79 Å². The minimum Gasteiger partial charge on any atom is -0.422 e. The Hall–Kier alpha value is -3.13. The van der Waals surface area contributed by atoms with E-state index in [0.29, 0.717) is 11.0 Å². The number of rotatable bonds is 2. The monoisotopic (exact) mass is 413 g/mol. The summed E-state index contributed by atoms with van der Waals surface area (Å²) < 4.78 is 3.17. The normalized spacial score (nSPS) is 19.0. The smallest absolute Gasteiger partial charge is 0.341 e. The molecule has 128 valence electrons. The largest absolute Gasteiger partial charge is 0.422 e. The molecule has 1 aliphatic rings. The van der Waals surface area contributed by atoms with Crippen molar-refractivity contribution in [2.75, 3.05) is 0 Å². The molecular weight excluding hydrogens is 406 g/mol. The number of para-hydroxylation sites is 1. The molecule has 4 rings (SSSR count). The van der Waals surface area contributed by atoms with Gasteiger partial charge in [-0.2, -0.15) is 0 Å². The first kappa shape index (κ1) is 16.3. The molecule has 0 saturated carbocycles. The number of benzene rings is 2. The first-order valence-electron chi connectivity index (χ1n) is 7.45. The Kier molecular flexibility index (Phi) is 3.42. The van der Waals surface area contributed by atoms with Gasteiger partial charge in [-0.3, -0.25) is 19.7 Å². The van der Waals surface area contributed by atoms with Gasteiger partial charge >= 0.3 is 5.63 Å². The number of alkyl halides is 1. The average Bonchev–Trinajstić information content (AvgIpc) is 2.83. The van der Waals surface area contributed by atoms with Crippen LogP contribution in [0.2, 0.25) is 0 Å². The van der Waals surface area contributed by atoms with Crippen molar-refractivity contribution in [2.24, 2.45) is 0 Å². The highest BCUT2D eigenvalue weighted by Gasteiger charge is 2.56. The molecule has 0 amide bonds. The fraction of sp³-hybridized carbons (Fsp3) is 0.0556. The quantitative estimate of drug-likeness (QED) is 0.209. The Balaban J connectivity index is 2.01. The zero-order valence-electron chi connectivity index (χ0n) is 12.9. The second-order valence-corrected chi connectivity index (χ2v) is 6.95. The van der Waals surface area contributed by atoms with E-state index in [9.17, 15) is 24.5 Å². The molecule has 0 saturated heterocycles. The predicted octanol–water partition coefficient (Wildman–Crippen LogP) is 3.37. The van der Waals surface area contributed by atoms with E-state index in [0.717, 1.165) is 6.07 Å². The van der Waals surface area contributed by atoms with Crippen LogP contribution in [0.5, 0.6) is 0 Å². The number of nitro benzene ring substituents is 1. The molecule has 2 aromatic carbocycles. The van der Waals surface area contributed by atoms with Crippen LogP contribution in [0.4, 0.5) is 5.69 Å². The Labute approximate surface area is 153 Å². The van der Waals surface area contributed by atoms with Crippen molar-refractivity contribution in [3.8, 4) is 0 Å². The molecule has 26 heavy (non-hydrogen) atoms. The third-order valence-corrected chi connectivity index (χ3v) is 5.50. The lowest BCUT2D eigenvalue weighted by molar-refractivity contribution is -0.385. The summed E-state index contributed by atoms with van der Waals surface area (Å²) in [5.41, 5.74) is -1.67. The number of fused-ring (bicyclic) bond motifs is 2. The molecule has 0 spiro atoms. The summed E-state index contributed by atoms with van der Waals surface area (Å²) in [7, 11) is 0. The Morgan fingerprint density at radius 1 is 1.00 bits per heavy atom. The summed E-state index contributed by atoms with van der Waals surface area (Å²) in [6.45, 7) is 0.